The number of hydrazone groups is 1. The number of nitrogens with zero attached hydrogens (tertiary/aromatic N) is 3. The first kappa shape index (κ1) is 22.0. The highest BCUT2D eigenvalue weighted by Gasteiger charge is 2.21. The number of halogens is 3. The number of imide groups is 1. The Morgan fingerprint density at radius 3 is 2.14 bits per heavy atom. The zero-order valence-corrected chi connectivity index (χ0v) is 16.5. The lowest BCUT2D eigenvalue weighted by atomic mass is 9.92. The first-order chi connectivity index (χ1) is 13.8. The molecule has 0 saturated carbocycles. The molecule has 0 heterocycles. The Kier molecular flexibility index (Phi) is 7.40. The molecule has 1 unspecified atom stereocenters. The molecule has 0 saturated heterocycles. The normalized spacial score (nSPS) is 11.7. The second kappa shape index (κ2) is 9.76. The summed E-state index contributed by atoms with van der Waals surface area (Å²) >= 11 is 18.5. The Labute approximate surface area is 179 Å². The molecule has 11 heteroatoms. The molecule has 0 bridgehead atoms. The molecule has 0 aliphatic rings. The molecule has 0 aliphatic heterocycles. The highest BCUT2D eigenvalue weighted by atomic mass is 35.5. The summed E-state index contributed by atoms with van der Waals surface area (Å²) in [7, 11) is 0. The van der Waals surface area contributed by atoms with Gasteiger partial charge in [-0.1, -0.05) is 46.9 Å². The van der Waals surface area contributed by atoms with Crippen molar-refractivity contribution in [2.24, 2.45) is 5.10 Å². The van der Waals surface area contributed by atoms with E-state index < -0.39 is 23.6 Å². The van der Waals surface area contributed by atoms with Crippen LogP contribution in [0.1, 0.15) is 17.0 Å². The number of hydrogen-bond donors (Lipinski definition) is 3. The Morgan fingerprint density at radius 2 is 1.66 bits per heavy atom. The molecule has 2 rings (SSSR count). The van der Waals surface area contributed by atoms with Crippen LogP contribution < -0.4 is 10.7 Å². The van der Waals surface area contributed by atoms with Gasteiger partial charge in [0.05, 0.1) is 17.7 Å². The van der Waals surface area contributed by atoms with Crippen molar-refractivity contribution in [3.8, 4) is 12.1 Å². The monoisotopic (exact) mass is 449 g/mol. The third-order valence-electron chi connectivity index (χ3n) is 3.54. The first-order valence-corrected chi connectivity index (χ1v) is 8.82. The minimum Gasteiger partial charge on any atom is -0.465 e. The number of amides is 2. The van der Waals surface area contributed by atoms with Crippen LogP contribution in [0.5, 0.6) is 0 Å². The maximum Gasteiger partial charge on any atom is 0.411 e. The molecule has 29 heavy (non-hydrogen) atoms. The van der Waals surface area contributed by atoms with E-state index in [-0.39, 0.29) is 15.7 Å². The minimum absolute atomic E-state index is 0.144. The molecular weight excluding hydrogens is 441 g/mol. The van der Waals surface area contributed by atoms with Gasteiger partial charge in [0.2, 0.25) is 5.71 Å². The van der Waals surface area contributed by atoms with Crippen molar-refractivity contribution in [1.82, 2.24) is 5.32 Å². The topological polar surface area (TPSA) is 138 Å². The van der Waals surface area contributed by atoms with E-state index in [0.29, 0.717) is 16.1 Å². The van der Waals surface area contributed by atoms with Crippen LogP contribution >= 0.6 is 34.8 Å². The number of hydrogen-bond acceptors (Lipinski definition) is 6. The van der Waals surface area contributed by atoms with Crippen LogP contribution in [0, 0.1) is 22.7 Å². The number of nitrogens with one attached hydrogen (secondary N) is 2. The molecule has 0 aromatic heterocycles. The van der Waals surface area contributed by atoms with Gasteiger partial charge in [-0.2, -0.15) is 15.6 Å². The van der Waals surface area contributed by atoms with Gasteiger partial charge in [-0.3, -0.25) is 15.5 Å². The quantitative estimate of drug-likeness (QED) is 0.456. The predicted octanol–water partition coefficient (Wildman–Crippen LogP) is 4.39. The van der Waals surface area contributed by atoms with Crippen LogP contribution in [0.15, 0.2) is 41.5 Å². The average molecular weight is 451 g/mol. The van der Waals surface area contributed by atoms with Crippen molar-refractivity contribution in [1.29, 1.82) is 10.5 Å². The third kappa shape index (κ3) is 5.59. The van der Waals surface area contributed by atoms with Gasteiger partial charge in [0.1, 0.15) is 6.07 Å². The fraction of sp³-hybridized carbons (Fsp3) is 0.0556. The van der Waals surface area contributed by atoms with Crippen LogP contribution in [0.4, 0.5) is 10.5 Å². The number of carboxylic acid groups (broad SMARTS) is 1. The lowest BCUT2D eigenvalue weighted by Gasteiger charge is -2.15. The maximum absolute atomic E-state index is 11.5. The van der Waals surface area contributed by atoms with E-state index in [1.807, 2.05) is 0 Å². The summed E-state index contributed by atoms with van der Waals surface area (Å²) in [6, 6.07) is 13.0. The molecule has 146 valence electrons. The van der Waals surface area contributed by atoms with Crippen LogP contribution in [-0.2, 0) is 4.79 Å². The smallest absolute Gasteiger partial charge is 0.411 e. The van der Waals surface area contributed by atoms with Crippen LogP contribution in [0.3, 0.4) is 0 Å². The number of carbonyl (C=O) groups is 2. The summed E-state index contributed by atoms with van der Waals surface area (Å²) in [4.78, 5) is 22.0. The highest BCUT2D eigenvalue weighted by molar-refractivity contribution is 6.46. The molecule has 0 fully saturated rings. The van der Waals surface area contributed by atoms with Crippen molar-refractivity contribution in [3.63, 3.8) is 0 Å². The maximum atomic E-state index is 11.5. The van der Waals surface area contributed by atoms with Crippen molar-refractivity contribution < 1.29 is 14.7 Å². The fourth-order valence-electron chi connectivity index (χ4n) is 2.29. The van der Waals surface area contributed by atoms with Crippen LogP contribution in [0.2, 0.25) is 15.1 Å². The van der Waals surface area contributed by atoms with E-state index in [0.717, 1.165) is 0 Å². The van der Waals surface area contributed by atoms with Crippen LogP contribution in [-0.4, -0.2) is 22.8 Å². The number of benzene rings is 2. The Balaban J connectivity index is 2.33. The van der Waals surface area contributed by atoms with E-state index in [9.17, 15) is 14.9 Å². The molecule has 0 aliphatic carbocycles. The van der Waals surface area contributed by atoms with Gasteiger partial charge in [-0.25, -0.2) is 4.79 Å². The van der Waals surface area contributed by atoms with Gasteiger partial charge in [0.15, 0.2) is 0 Å². The molecule has 1 atom stereocenters. The molecular formula is C18H10Cl3N5O3. The van der Waals surface area contributed by atoms with Crippen molar-refractivity contribution in [2.45, 2.75) is 5.92 Å². The molecule has 2 amide bonds. The second-order valence-corrected chi connectivity index (χ2v) is 6.66. The predicted molar refractivity (Wildman–Crippen MR) is 108 cm³/mol. The average Bonchev–Trinajstić information content (AvgIpc) is 2.65. The van der Waals surface area contributed by atoms with Crippen LogP contribution in [0.25, 0.3) is 0 Å². The Bertz CT molecular complexity index is 1050. The summed E-state index contributed by atoms with van der Waals surface area (Å²) in [5.74, 6) is -1.96. The van der Waals surface area contributed by atoms with Gasteiger partial charge in [-0.15, -0.1) is 0 Å². The van der Waals surface area contributed by atoms with E-state index in [2.05, 4.69) is 16.6 Å². The third-order valence-corrected chi connectivity index (χ3v) is 4.42. The van der Waals surface area contributed by atoms with Crippen molar-refractivity contribution >= 4 is 58.2 Å². The SMILES string of the molecule is N#CC(=NNc1cc(Cl)c(C(C#N)c2ccc(Cl)cc2)c(Cl)c1)C(=O)NC(=O)O. The first-order valence-electron chi connectivity index (χ1n) is 7.69. The molecule has 0 radical (unpaired) electrons. The zero-order chi connectivity index (χ0) is 21.6. The molecule has 2 aromatic carbocycles. The molecule has 8 nitrogen and oxygen atoms in total. The van der Waals surface area contributed by atoms with E-state index in [1.54, 1.807) is 24.3 Å². The van der Waals surface area contributed by atoms with E-state index in [4.69, 9.17) is 45.2 Å². The highest BCUT2D eigenvalue weighted by Crippen LogP contribution is 2.38. The zero-order valence-electron chi connectivity index (χ0n) is 14.3. The number of nitriles is 2. The summed E-state index contributed by atoms with van der Waals surface area (Å²) < 4.78 is 0. The van der Waals surface area contributed by atoms with Crippen molar-refractivity contribution in [2.75, 3.05) is 5.43 Å². The Hall–Kier alpha value is -3.30. The lowest BCUT2D eigenvalue weighted by molar-refractivity contribution is -0.114. The summed E-state index contributed by atoms with van der Waals surface area (Å²) in [6.07, 6.45) is -1.63. The molecule has 3 N–H and O–H groups in total. The van der Waals surface area contributed by atoms with Gasteiger partial charge < -0.3 is 5.11 Å². The van der Waals surface area contributed by atoms with Gasteiger partial charge in [0, 0.05) is 20.6 Å². The summed E-state index contributed by atoms with van der Waals surface area (Å²) in [6.45, 7) is 0. The van der Waals surface area contributed by atoms with Gasteiger partial charge in [0.25, 0.3) is 5.91 Å². The summed E-state index contributed by atoms with van der Waals surface area (Å²) in [5, 5.41) is 32.9. The minimum atomic E-state index is -1.63. The number of carbonyl (C=O) groups excluding carboxylic acids is 1. The largest absolute Gasteiger partial charge is 0.465 e. The van der Waals surface area contributed by atoms with E-state index in [1.165, 1.54) is 23.5 Å². The van der Waals surface area contributed by atoms with Gasteiger partial charge in [-0.05, 0) is 29.8 Å². The number of rotatable bonds is 5. The second-order valence-electron chi connectivity index (χ2n) is 5.41. The Morgan fingerprint density at radius 1 is 1.07 bits per heavy atom. The van der Waals surface area contributed by atoms with Crippen molar-refractivity contribution in [3.05, 3.63) is 62.6 Å². The fourth-order valence-corrected chi connectivity index (χ4v) is 3.12. The molecule has 2 aromatic rings. The number of anilines is 1. The molecule has 0 spiro atoms. The lowest BCUT2D eigenvalue weighted by Crippen LogP contribution is -2.34. The van der Waals surface area contributed by atoms with Gasteiger partial charge >= 0.3 is 6.09 Å². The summed E-state index contributed by atoms with van der Waals surface area (Å²) in [5.41, 5.74) is 2.89. The standard InChI is InChI=1S/C18H10Cl3N5O3/c19-10-3-1-9(2-4-10)12(7-22)16-13(20)5-11(6-14(16)21)25-26-15(8-23)17(27)24-18(28)29/h1-6,12,25H,(H,24,27)(H,28,29). The van der Waals surface area contributed by atoms with E-state index >= 15 is 0 Å².